The molecule has 0 aliphatic heterocycles. The molecule has 23 heavy (non-hydrogen) atoms. The van der Waals surface area contributed by atoms with E-state index in [-0.39, 0.29) is 24.9 Å². The van der Waals surface area contributed by atoms with Crippen LogP contribution in [0.1, 0.15) is 5.69 Å². The Morgan fingerprint density at radius 3 is 2.57 bits per heavy atom. The number of carbonyl (C=O) groups is 1. The molecule has 3 N–H and O–H groups in total. The van der Waals surface area contributed by atoms with Crippen molar-refractivity contribution in [2.24, 2.45) is 0 Å². The normalized spacial score (nSPS) is 10.0. The number of ether oxygens (including phenoxy) is 1. The zero-order chi connectivity index (χ0) is 15.8. The van der Waals surface area contributed by atoms with E-state index in [2.05, 4.69) is 20.9 Å². The molecule has 126 valence electrons. The van der Waals surface area contributed by atoms with Crippen LogP contribution >= 0.6 is 23.7 Å². The summed E-state index contributed by atoms with van der Waals surface area (Å²) in [4.78, 5) is 16.1. The second-order valence-electron chi connectivity index (χ2n) is 4.71. The fraction of sp³-hybridized carbons (Fsp3) is 0.333. The lowest BCUT2D eigenvalue weighted by Gasteiger charge is -2.08. The summed E-state index contributed by atoms with van der Waals surface area (Å²) >= 11 is 1.56. The minimum atomic E-state index is -0.0765. The molecule has 1 aromatic heterocycles. The van der Waals surface area contributed by atoms with Crippen molar-refractivity contribution in [2.75, 3.05) is 37.4 Å². The molecule has 0 aliphatic rings. The molecule has 0 spiro atoms. The highest BCUT2D eigenvalue weighted by Crippen LogP contribution is 2.21. The Kier molecular flexibility index (Phi) is 8.57. The molecule has 0 aliphatic carbocycles. The van der Waals surface area contributed by atoms with Crippen molar-refractivity contribution in [2.45, 2.75) is 6.92 Å². The second-order valence-corrected chi connectivity index (χ2v) is 5.57. The van der Waals surface area contributed by atoms with E-state index in [1.54, 1.807) is 18.4 Å². The molecule has 2 aromatic rings. The second kappa shape index (κ2) is 10.2. The van der Waals surface area contributed by atoms with Crippen LogP contribution in [-0.2, 0) is 9.53 Å². The number of anilines is 3. The summed E-state index contributed by atoms with van der Waals surface area (Å²) < 4.78 is 4.90. The Balaban J connectivity index is 0.00000264. The van der Waals surface area contributed by atoms with Crippen LogP contribution < -0.4 is 16.0 Å². The van der Waals surface area contributed by atoms with Gasteiger partial charge in [-0.2, -0.15) is 0 Å². The summed E-state index contributed by atoms with van der Waals surface area (Å²) in [5.74, 6) is -0.0765. The Morgan fingerprint density at radius 2 is 1.96 bits per heavy atom. The van der Waals surface area contributed by atoms with Crippen molar-refractivity contribution in [3.8, 4) is 0 Å². The van der Waals surface area contributed by atoms with E-state index in [0.717, 1.165) is 22.2 Å². The molecule has 0 unspecified atom stereocenters. The summed E-state index contributed by atoms with van der Waals surface area (Å²) in [7, 11) is 1.63. The third-order valence-electron chi connectivity index (χ3n) is 2.81. The monoisotopic (exact) mass is 356 g/mol. The van der Waals surface area contributed by atoms with E-state index < -0.39 is 0 Å². The SMILES string of the molecule is COCCNCC(=O)Nc1ccc(Nc2nc(C)cs2)cc1.Cl. The van der Waals surface area contributed by atoms with Gasteiger partial charge in [0.15, 0.2) is 5.13 Å². The van der Waals surface area contributed by atoms with E-state index in [1.165, 1.54) is 0 Å². The first kappa shape index (κ1) is 19.4. The first-order chi connectivity index (χ1) is 10.7. The lowest BCUT2D eigenvalue weighted by Crippen LogP contribution is -2.30. The Hall–Kier alpha value is -1.67. The van der Waals surface area contributed by atoms with Crippen molar-refractivity contribution in [1.29, 1.82) is 0 Å². The van der Waals surface area contributed by atoms with Crippen molar-refractivity contribution < 1.29 is 9.53 Å². The van der Waals surface area contributed by atoms with Crippen molar-refractivity contribution in [3.05, 3.63) is 35.3 Å². The van der Waals surface area contributed by atoms with E-state index in [4.69, 9.17) is 4.74 Å². The van der Waals surface area contributed by atoms with Crippen molar-refractivity contribution in [3.63, 3.8) is 0 Å². The van der Waals surface area contributed by atoms with Gasteiger partial charge in [-0.3, -0.25) is 4.79 Å². The molecule has 1 amide bonds. The zero-order valence-electron chi connectivity index (χ0n) is 13.1. The lowest BCUT2D eigenvalue weighted by molar-refractivity contribution is -0.115. The van der Waals surface area contributed by atoms with Gasteiger partial charge >= 0.3 is 0 Å². The van der Waals surface area contributed by atoms with Crippen molar-refractivity contribution >= 4 is 46.2 Å². The molecule has 8 heteroatoms. The van der Waals surface area contributed by atoms with Gasteiger partial charge in [-0.1, -0.05) is 0 Å². The number of thiazole rings is 1. The van der Waals surface area contributed by atoms with E-state index in [1.807, 2.05) is 36.6 Å². The number of rotatable bonds is 8. The van der Waals surface area contributed by atoms with Gasteiger partial charge in [0.25, 0.3) is 0 Å². The molecule has 0 saturated carbocycles. The number of nitrogens with zero attached hydrogens (tertiary/aromatic N) is 1. The number of aromatic nitrogens is 1. The van der Waals surface area contributed by atoms with E-state index >= 15 is 0 Å². The first-order valence-electron chi connectivity index (χ1n) is 6.96. The van der Waals surface area contributed by atoms with Gasteiger partial charge in [0.1, 0.15) is 0 Å². The summed E-state index contributed by atoms with van der Waals surface area (Å²) in [5.41, 5.74) is 2.70. The highest BCUT2D eigenvalue weighted by Gasteiger charge is 2.03. The van der Waals surface area contributed by atoms with Gasteiger partial charge in [0.2, 0.25) is 5.91 Å². The summed E-state index contributed by atoms with van der Waals surface area (Å²) in [6, 6.07) is 7.53. The van der Waals surface area contributed by atoms with Gasteiger partial charge in [-0.25, -0.2) is 4.98 Å². The number of methoxy groups -OCH3 is 1. The highest BCUT2D eigenvalue weighted by atomic mass is 35.5. The summed E-state index contributed by atoms with van der Waals surface area (Å²) in [6.45, 7) is 3.46. The molecule has 6 nitrogen and oxygen atoms in total. The predicted octanol–water partition coefficient (Wildman–Crippen LogP) is 2.79. The van der Waals surface area contributed by atoms with E-state index in [9.17, 15) is 4.79 Å². The minimum Gasteiger partial charge on any atom is -0.383 e. The number of amides is 1. The van der Waals surface area contributed by atoms with Crippen LogP contribution in [0.15, 0.2) is 29.6 Å². The fourth-order valence-corrected chi connectivity index (χ4v) is 2.46. The number of hydrogen-bond donors (Lipinski definition) is 3. The maximum Gasteiger partial charge on any atom is 0.238 e. The minimum absolute atomic E-state index is 0. The fourth-order valence-electron chi connectivity index (χ4n) is 1.75. The Morgan fingerprint density at radius 1 is 1.26 bits per heavy atom. The molecule has 0 atom stereocenters. The summed E-state index contributed by atoms with van der Waals surface area (Å²) in [6.07, 6.45) is 0. The third kappa shape index (κ3) is 6.96. The summed E-state index contributed by atoms with van der Waals surface area (Å²) in [5, 5.41) is 11.9. The maximum absolute atomic E-state index is 11.7. The standard InChI is InChI=1S/C15H20N4O2S.ClH/c1-11-10-22-15(17-11)19-13-5-3-12(4-6-13)18-14(20)9-16-7-8-21-2;/h3-6,10,16H,7-9H2,1-2H3,(H,17,19)(H,18,20);1H. The average molecular weight is 357 g/mol. The number of benzene rings is 1. The maximum atomic E-state index is 11.7. The Labute approximate surface area is 146 Å². The molecular weight excluding hydrogens is 336 g/mol. The van der Waals surface area contributed by atoms with Crippen molar-refractivity contribution in [1.82, 2.24) is 10.3 Å². The quantitative estimate of drug-likeness (QED) is 0.634. The molecule has 0 radical (unpaired) electrons. The molecule has 0 bridgehead atoms. The van der Waals surface area contributed by atoms with Gasteiger partial charge in [-0.05, 0) is 31.2 Å². The molecule has 0 fully saturated rings. The van der Waals surface area contributed by atoms with Crippen LogP contribution in [0, 0.1) is 6.92 Å². The third-order valence-corrected chi connectivity index (χ3v) is 3.68. The number of hydrogen-bond acceptors (Lipinski definition) is 6. The molecule has 1 heterocycles. The van der Waals surface area contributed by atoms with Crippen LogP contribution in [-0.4, -0.2) is 37.7 Å². The Bertz CT molecular complexity index is 604. The van der Waals surface area contributed by atoms with Crippen LogP contribution in [0.5, 0.6) is 0 Å². The van der Waals surface area contributed by atoms with Crippen LogP contribution in [0.2, 0.25) is 0 Å². The molecule has 2 rings (SSSR count). The largest absolute Gasteiger partial charge is 0.383 e. The smallest absolute Gasteiger partial charge is 0.238 e. The number of halogens is 1. The number of carbonyl (C=O) groups excluding carboxylic acids is 1. The van der Waals surface area contributed by atoms with Gasteiger partial charge in [0, 0.05) is 30.4 Å². The van der Waals surface area contributed by atoms with Gasteiger partial charge < -0.3 is 20.7 Å². The zero-order valence-corrected chi connectivity index (χ0v) is 14.7. The lowest BCUT2D eigenvalue weighted by atomic mass is 10.3. The van der Waals surface area contributed by atoms with Gasteiger partial charge in [-0.15, -0.1) is 23.7 Å². The predicted molar refractivity (Wildman–Crippen MR) is 97.2 cm³/mol. The number of nitrogens with one attached hydrogen (secondary N) is 3. The number of aryl methyl sites for hydroxylation is 1. The van der Waals surface area contributed by atoms with Crippen LogP contribution in [0.4, 0.5) is 16.5 Å². The molecule has 0 saturated heterocycles. The average Bonchev–Trinajstić information content (AvgIpc) is 2.91. The molecular formula is C15H21ClN4O2S. The van der Waals surface area contributed by atoms with E-state index in [0.29, 0.717) is 13.2 Å². The topological polar surface area (TPSA) is 75.3 Å². The highest BCUT2D eigenvalue weighted by molar-refractivity contribution is 7.13. The molecule has 1 aromatic carbocycles. The first-order valence-corrected chi connectivity index (χ1v) is 7.84. The van der Waals surface area contributed by atoms with Gasteiger partial charge in [0.05, 0.1) is 18.8 Å². The van der Waals surface area contributed by atoms with Crippen LogP contribution in [0.3, 0.4) is 0 Å². The van der Waals surface area contributed by atoms with Crippen LogP contribution in [0.25, 0.3) is 0 Å².